The summed E-state index contributed by atoms with van der Waals surface area (Å²) < 4.78 is 0. The summed E-state index contributed by atoms with van der Waals surface area (Å²) >= 11 is 1.65. The number of fused-ring (bicyclic) bond motifs is 1. The first-order chi connectivity index (χ1) is 9.85. The molecule has 20 heavy (non-hydrogen) atoms. The number of hydrogen-bond donors (Lipinski definition) is 2. The number of rotatable bonds is 5. The largest absolute Gasteiger partial charge is 0.370 e. The normalized spacial score (nSPS) is 10.8. The Morgan fingerprint density at radius 2 is 2.05 bits per heavy atom. The van der Waals surface area contributed by atoms with E-state index in [1.807, 2.05) is 24.3 Å². The minimum absolute atomic E-state index is 0.938. The Bertz CT molecular complexity index is 673. The van der Waals surface area contributed by atoms with Gasteiger partial charge in [-0.2, -0.15) is 0 Å². The Labute approximate surface area is 122 Å². The highest BCUT2D eigenvalue weighted by Gasteiger charge is 2.04. The van der Waals surface area contributed by atoms with E-state index in [1.54, 1.807) is 11.8 Å². The van der Waals surface area contributed by atoms with Crippen molar-refractivity contribution in [3.63, 3.8) is 0 Å². The number of benzene rings is 1. The Morgan fingerprint density at radius 3 is 2.90 bits per heavy atom. The van der Waals surface area contributed by atoms with Crippen molar-refractivity contribution in [3.8, 4) is 0 Å². The summed E-state index contributed by atoms with van der Waals surface area (Å²) in [5.74, 6) is 0.938. The van der Waals surface area contributed by atoms with Crippen LogP contribution in [0.25, 0.3) is 10.9 Å². The lowest BCUT2D eigenvalue weighted by atomic mass is 10.3. The molecule has 2 heterocycles. The number of nitrogens with one attached hydrogen (secondary N) is 2. The van der Waals surface area contributed by atoms with Crippen LogP contribution >= 0.6 is 11.8 Å². The molecule has 0 amide bonds. The maximum absolute atomic E-state index is 4.61. The van der Waals surface area contributed by atoms with Crippen molar-refractivity contribution in [1.82, 2.24) is 9.97 Å². The lowest BCUT2D eigenvalue weighted by molar-refractivity contribution is 0.959. The number of aromatic amines is 1. The van der Waals surface area contributed by atoms with E-state index in [0.29, 0.717) is 0 Å². The molecule has 0 saturated carbocycles. The van der Waals surface area contributed by atoms with Gasteiger partial charge in [0.2, 0.25) is 0 Å². The molecular formula is C16H17N3S. The minimum Gasteiger partial charge on any atom is -0.370 e. The molecule has 0 fully saturated rings. The quantitative estimate of drug-likeness (QED) is 0.722. The maximum Gasteiger partial charge on any atom is 0.127 e. The number of anilines is 1. The van der Waals surface area contributed by atoms with Gasteiger partial charge in [0.05, 0.1) is 5.03 Å². The number of nitrogens with zero attached hydrogens (tertiary/aromatic N) is 1. The second-order valence-corrected chi connectivity index (χ2v) is 5.67. The summed E-state index contributed by atoms with van der Waals surface area (Å²) in [6.07, 6.45) is 1.10. The van der Waals surface area contributed by atoms with Gasteiger partial charge in [-0.1, -0.05) is 43.0 Å². The summed E-state index contributed by atoms with van der Waals surface area (Å²) in [4.78, 5) is 8.02. The zero-order valence-corrected chi connectivity index (χ0v) is 12.2. The van der Waals surface area contributed by atoms with Gasteiger partial charge in [-0.05, 0) is 30.7 Å². The van der Waals surface area contributed by atoms with Crippen LogP contribution in [0.1, 0.15) is 13.3 Å². The van der Waals surface area contributed by atoms with Gasteiger partial charge < -0.3 is 10.3 Å². The lowest BCUT2D eigenvalue weighted by Crippen LogP contribution is -2.01. The van der Waals surface area contributed by atoms with Crippen molar-refractivity contribution in [3.05, 3.63) is 48.5 Å². The zero-order valence-electron chi connectivity index (χ0n) is 11.4. The number of pyridine rings is 1. The van der Waals surface area contributed by atoms with Gasteiger partial charge >= 0.3 is 0 Å². The smallest absolute Gasteiger partial charge is 0.127 e. The van der Waals surface area contributed by atoms with E-state index in [0.717, 1.165) is 34.4 Å². The van der Waals surface area contributed by atoms with Crippen LogP contribution in [0, 0.1) is 0 Å². The molecule has 0 saturated heterocycles. The third kappa shape index (κ3) is 2.96. The first-order valence-corrected chi connectivity index (χ1v) is 7.63. The Morgan fingerprint density at radius 1 is 1.15 bits per heavy atom. The Hall–Kier alpha value is -1.94. The highest BCUT2D eigenvalue weighted by Crippen LogP contribution is 2.29. The predicted octanol–water partition coefficient (Wildman–Crippen LogP) is 4.54. The van der Waals surface area contributed by atoms with E-state index >= 15 is 0 Å². The average molecular weight is 283 g/mol. The second kappa shape index (κ2) is 6.01. The molecule has 2 aromatic heterocycles. The van der Waals surface area contributed by atoms with E-state index in [4.69, 9.17) is 0 Å². The standard InChI is InChI=1S/C16H17N3S/c1-2-10-17-14-8-5-9-15(19-14)20-16-11-12-6-3-4-7-13(12)18-16/h3-9,11,18H,2,10H2,1H3,(H,17,19). The molecule has 0 spiro atoms. The maximum atomic E-state index is 4.61. The summed E-state index contributed by atoms with van der Waals surface area (Å²) in [6, 6.07) is 16.5. The molecule has 3 nitrogen and oxygen atoms in total. The van der Waals surface area contributed by atoms with E-state index in [2.05, 4.69) is 46.5 Å². The van der Waals surface area contributed by atoms with Crippen LogP contribution < -0.4 is 5.32 Å². The molecule has 2 N–H and O–H groups in total. The molecule has 0 bridgehead atoms. The first-order valence-electron chi connectivity index (χ1n) is 6.81. The summed E-state index contributed by atoms with van der Waals surface area (Å²) in [5.41, 5.74) is 1.16. The molecule has 3 rings (SSSR count). The van der Waals surface area contributed by atoms with Crippen LogP contribution in [0.15, 0.2) is 58.6 Å². The van der Waals surface area contributed by atoms with Crippen molar-refractivity contribution in [2.45, 2.75) is 23.4 Å². The fraction of sp³-hybridized carbons (Fsp3) is 0.188. The molecule has 102 valence electrons. The molecule has 0 unspecified atom stereocenters. The third-order valence-electron chi connectivity index (χ3n) is 3.00. The van der Waals surface area contributed by atoms with Crippen LogP contribution in [-0.4, -0.2) is 16.5 Å². The van der Waals surface area contributed by atoms with Crippen molar-refractivity contribution in [2.24, 2.45) is 0 Å². The van der Waals surface area contributed by atoms with Crippen molar-refractivity contribution in [1.29, 1.82) is 0 Å². The van der Waals surface area contributed by atoms with E-state index in [-0.39, 0.29) is 0 Å². The van der Waals surface area contributed by atoms with Gasteiger partial charge in [0.25, 0.3) is 0 Å². The Balaban J connectivity index is 1.79. The number of H-pyrrole nitrogens is 1. The SMILES string of the molecule is CCCNc1cccc(Sc2cc3ccccc3[nH]2)n1. The summed E-state index contributed by atoms with van der Waals surface area (Å²) in [6.45, 7) is 3.10. The van der Waals surface area contributed by atoms with Crippen molar-refractivity contribution in [2.75, 3.05) is 11.9 Å². The second-order valence-electron chi connectivity index (χ2n) is 4.61. The van der Waals surface area contributed by atoms with Crippen molar-refractivity contribution < 1.29 is 0 Å². The van der Waals surface area contributed by atoms with Gasteiger partial charge in [-0.25, -0.2) is 4.98 Å². The van der Waals surface area contributed by atoms with Crippen molar-refractivity contribution >= 4 is 28.5 Å². The highest BCUT2D eigenvalue weighted by molar-refractivity contribution is 7.99. The molecule has 3 aromatic rings. The number of hydrogen-bond acceptors (Lipinski definition) is 3. The van der Waals surface area contributed by atoms with Crippen LogP contribution in [0.5, 0.6) is 0 Å². The first kappa shape index (κ1) is 13.1. The van der Waals surface area contributed by atoms with Crippen LogP contribution in [0.3, 0.4) is 0 Å². The number of aromatic nitrogens is 2. The third-order valence-corrected chi connectivity index (χ3v) is 3.88. The van der Waals surface area contributed by atoms with E-state index in [9.17, 15) is 0 Å². The zero-order chi connectivity index (χ0) is 13.8. The van der Waals surface area contributed by atoms with Crippen LogP contribution in [0.4, 0.5) is 5.82 Å². The molecule has 0 radical (unpaired) electrons. The summed E-state index contributed by atoms with van der Waals surface area (Å²) in [5, 5.41) is 6.66. The van der Waals surface area contributed by atoms with E-state index in [1.165, 1.54) is 5.39 Å². The van der Waals surface area contributed by atoms with E-state index < -0.39 is 0 Å². The van der Waals surface area contributed by atoms with Gasteiger partial charge in [0.15, 0.2) is 0 Å². The summed E-state index contributed by atoms with van der Waals surface area (Å²) in [7, 11) is 0. The molecule has 0 atom stereocenters. The molecule has 0 aliphatic heterocycles. The van der Waals surface area contributed by atoms with Gasteiger partial charge in [-0.15, -0.1) is 0 Å². The monoisotopic (exact) mass is 283 g/mol. The molecule has 0 aliphatic rings. The molecular weight excluding hydrogens is 266 g/mol. The lowest BCUT2D eigenvalue weighted by Gasteiger charge is -2.05. The van der Waals surface area contributed by atoms with Crippen LogP contribution in [-0.2, 0) is 0 Å². The molecule has 1 aromatic carbocycles. The van der Waals surface area contributed by atoms with Gasteiger partial charge in [0, 0.05) is 17.4 Å². The topological polar surface area (TPSA) is 40.7 Å². The van der Waals surface area contributed by atoms with Gasteiger partial charge in [-0.3, -0.25) is 0 Å². The van der Waals surface area contributed by atoms with Crippen LogP contribution in [0.2, 0.25) is 0 Å². The minimum atomic E-state index is 0.938. The molecule has 4 heteroatoms. The number of para-hydroxylation sites is 1. The molecule has 0 aliphatic carbocycles. The Kier molecular flexibility index (Phi) is 3.92. The fourth-order valence-electron chi connectivity index (χ4n) is 2.04. The predicted molar refractivity (Wildman–Crippen MR) is 85.4 cm³/mol. The highest BCUT2D eigenvalue weighted by atomic mass is 32.2. The fourth-order valence-corrected chi connectivity index (χ4v) is 2.90. The average Bonchev–Trinajstić information content (AvgIpc) is 2.87. The van der Waals surface area contributed by atoms with Gasteiger partial charge in [0.1, 0.15) is 10.8 Å².